The maximum atomic E-state index is 6.31. The zero-order valence-electron chi connectivity index (χ0n) is 8.08. The Hall–Kier alpha value is 0.609. The molecule has 0 nitrogen and oxygen atoms in total. The van der Waals surface area contributed by atoms with E-state index >= 15 is 0 Å². The van der Waals surface area contributed by atoms with Crippen molar-refractivity contribution < 1.29 is 0 Å². The quantitative estimate of drug-likeness (QED) is 0.549. The molecule has 0 aliphatic rings. The SMILES string of the molecule is C[C@H]([C@H](Cl)c1ccccc1)[Se](C)(Cl)Cl. The first-order valence-corrected chi connectivity index (χ1v) is 11.9. The van der Waals surface area contributed by atoms with Crippen LogP contribution in [0.25, 0.3) is 0 Å². The van der Waals surface area contributed by atoms with E-state index in [0.29, 0.717) is 0 Å². The van der Waals surface area contributed by atoms with Crippen molar-refractivity contribution in [2.45, 2.75) is 22.9 Å². The van der Waals surface area contributed by atoms with Crippen LogP contribution < -0.4 is 0 Å². The standard InChI is InChI=1S/C10H13Cl3Se/c1-8(14(2,12)13)10(11)9-6-4-3-5-7-9/h3-8,10H,1-2H3/t8-,10+/m1/s1. The van der Waals surface area contributed by atoms with Gasteiger partial charge < -0.3 is 0 Å². The van der Waals surface area contributed by atoms with E-state index in [4.69, 9.17) is 31.8 Å². The number of rotatable bonds is 3. The summed E-state index contributed by atoms with van der Waals surface area (Å²) in [6, 6.07) is 9.93. The van der Waals surface area contributed by atoms with Gasteiger partial charge >= 0.3 is 102 Å². The van der Waals surface area contributed by atoms with Crippen molar-refractivity contribution in [3.63, 3.8) is 0 Å². The van der Waals surface area contributed by atoms with Gasteiger partial charge in [-0.15, -0.1) is 0 Å². The van der Waals surface area contributed by atoms with Crippen LogP contribution in [-0.4, -0.2) is 11.0 Å². The monoisotopic (exact) mass is 318 g/mol. The van der Waals surface area contributed by atoms with E-state index < -0.39 is 11.0 Å². The van der Waals surface area contributed by atoms with Gasteiger partial charge in [0.05, 0.1) is 0 Å². The molecule has 1 aromatic carbocycles. The molecular weight excluding hydrogens is 305 g/mol. The molecular formula is C10H13Cl3Se. The van der Waals surface area contributed by atoms with Crippen molar-refractivity contribution in [1.29, 1.82) is 0 Å². The molecule has 0 saturated carbocycles. The molecule has 0 fully saturated rings. The molecule has 2 atom stereocenters. The van der Waals surface area contributed by atoms with E-state index in [0.717, 1.165) is 5.56 Å². The first-order chi connectivity index (χ1) is 6.43. The van der Waals surface area contributed by atoms with Crippen LogP contribution in [0, 0.1) is 0 Å². The Labute approximate surface area is 101 Å². The first kappa shape index (κ1) is 12.7. The third kappa shape index (κ3) is 3.32. The Bertz CT molecular complexity index is 281. The van der Waals surface area contributed by atoms with E-state index in [9.17, 15) is 0 Å². The van der Waals surface area contributed by atoms with Crippen LogP contribution in [0.1, 0.15) is 17.9 Å². The molecule has 0 aliphatic carbocycles. The number of benzene rings is 1. The second kappa shape index (κ2) is 5.09. The van der Waals surface area contributed by atoms with Crippen LogP contribution >= 0.6 is 31.8 Å². The number of halogens is 3. The molecule has 80 valence electrons. The molecule has 0 N–H and O–H groups in total. The maximum absolute atomic E-state index is 6.31. The third-order valence-electron chi connectivity index (χ3n) is 2.18. The zero-order valence-corrected chi connectivity index (χ0v) is 12.1. The van der Waals surface area contributed by atoms with Crippen molar-refractivity contribution in [3.05, 3.63) is 35.9 Å². The normalized spacial score (nSPS) is 17.5. The molecule has 0 bridgehead atoms. The predicted molar refractivity (Wildman–Crippen MR) is 67.8 cm³/mol. The summed E-state index contributed by atoms with van der Waals surface area (Å²) in [6.45, 7) is 2.02. The van der Waals surface area contributed by atoms with Crippen LogP contribution in [0.15, 0.2) is 30.3 Å². The molecule has 0 amide bonds. The van der Waals surface area contributed by atoms with E-state index in [1.165, 1.54) is 0 Å². The summed E-state index contributed by atoms with van der Waals surface area (Å²) in [4.78, 5) is 0.152. The summed E-state index contributed by atoms with van der Waals surface area (Å²) in [5.74, 6) is 1.92. The topological polar surface area (TPSA) is 0 Å². The molecule has 0 radical (unpaired) electrons. The van der Waals surface area contributed by atoms with Gasteiger partial charge in [-0.1, -0.05) is 0 Å². The Morgan fingerprint density at radius 3 is 2.07 bits per heavy atom. The van der Waals surface area contributed by atoms with Crippen molar-refractivity contribution >= 4 is 42.8 Å². The van der Waals surface area contributed by atoms with Crippen molar-refractivity contribution in [2.24, 2.45) is 0 Å². The molecule has 0 unspecified atom stereocenters. The third-order valence-corrected chi connectivity index (χ3v) is 9.38. The number of hydrogen-bond donors (Lipinski definition) is 0. The van der Waals surface area contributed by atoms with Crippen LogP contribution in [0.2, 0.25) is 10.6 Å². The minimum absolute atomic E-state index is 0.0869. The van der Waals surface area contributed by atoms with Gasteiger partial charge in [-0.3, -0.25) is 0 Å². The average molecular weight is 319 g/mol. The fourth-order valence-corrected chi connectivity index (χ4v) is 5.16. The second-order valence-corrected chi connectivity index (χ2v) is 16.1. The van der Waals surface area contributed by atoms with Gasteiger partial charge in [-0.05, 0) is 0 Å². The second-order valence-electron chi connectivity index (χ2n) is 3.30. The van der Waals surface area contributed by atoms with Crippen LogP contribution in [0.4, 0.5) is 0 Å². The van der Waals surface area contributed by atoms with E-state index in [2.05, 4.69) is 0 Å². The van der Waals surface area contributed by atoms with Gasteiger partial charge in [0.2, 0.25) is 0 Å². The van der Waals surface area contributed by atoms with Gasteiger partial charge in [-0.2, -0.15) is 0 Å². The summed E-state index contributed by atoms with van der Waals surface area (Å²) in [7, 11) is 12.3. The summed E-state index contributed by atoms with van der Waals surface area (Å²) < 4.78 is 0. The Morgan fingerprint density at radius 1 is 1.14 bits per heavy atom. The van der Waals surface area contributed by atoms with E-state index in [1.54, 1.807) is 0 Å². The predicted octanol–water partition coefficient (Wildman–Crippen LogP) is 4.91. The zero-order chi connectivity index (χ0) is 10.8. The van der Waals surface area contributed by atoms with Crippen molar-refractivity contribution in [2.75, 3.05) is 0 Å². The number of alkyl halides is 1. The molecule has 0 aliphatic heterocycles. The summed E-state index contributed by atoms with van der Waals surface area (Å²) in [5, 5.41) is -0.0869. The molecule has 0 spiro atoms. The Kier molecular flexibility index (Phi) is 4.61. The molecule has 0 heterocycles. The average Bonchev–Trinajstić information content (AvgIpc) is 2.15. The van der Waals surface area contributed by atoms with Gasteiger partial charge in [0.25, 0.3) is 0 Å². The number of hydrogen-bond acceptors (Lipinski definition) is 0. The fourth-order valence-electron chi connectivity index (χ4n) is 1.12. The van der Waals surface area contributed by atoms with E-state index in [1.807, 2.05) is 43.1 Å². The van der Waals surface area contributed by atoms with Crippen LogP contribution in [0.3, 0.4) is 0 Å². The summed E-state index contributed by atoms with van der Waals surface area (Å²) >= 11 is 3.94. The molecule has 4 heteroatoms. The molecule has 14 heavy (non-hydrogen) atoms. The van der Waals surface area contributed by atoms with Gasteiger partial charge in [0.1, 0.15) is 0 Å². The van der Waals surface area contributed by atoms with Gasteiger partial charge in [-0.25, -0.2) is 0 Å². The first-order valence-electron chi connectivity index (χ1n) is 4.28. The van der Waals surface area contributed by atoms with Gasteiger partial charge in [0.15, 0.2) is 0 Å². The summed E-state index contributed by atoms with van der Waals surface area (Å²) in [6.07, 6.45) is 0. The van der Waals surface area contributed by atoms with Gasteiger partial charge in [0, 0.05) is 0 Å². The molecule has 1 aromatic rings. The Balaban J connectivity index is 2.81. The van der Waals surface area contributed by atoms with E-state index in [-0.39, 0.29) is 10.2 Å². The van der Waals surface area contributed by atoms with Crippen molar-refractivity contribution in [1.82, 2.24) is 0 Å². The molecule has 0 aromatic heterocycles. The van der Waals surface area contributed by atoms with Crippen molar-refractivity contribution in [3.8, 4) is 0 Å². The van der Waals surface area contributed by atoms with Crippen LogP contribution in [0.5, 0.6) is 0 Å². The minimum atomic E-state index is -2.37. The molecule has 1 rings (SSSR count). The summed E-state index contributed by atoms with van der Waals surface area (Å²) in [5.41, 5.74) is 1.09. The Morgan fingerprint density at radius 2 is 1.64 bits per heavy atom. The fraction of sp³-hybridized carbons (Fsp3) is 0.400. The van der Waals surface area contributed by atoms with Crippen LogP contribution in [-0.2, 0) is 0 Å². The molecule has 0 saturated heterocycles.